The van der Waals surface area contributed by atoms with Gasteiger partial charge in [-0.1, -0.05) is 18.2 Å². The Morgan fingerprint density at radius 2 is 1.82 bits per heavy atom. The Hall–Kier alpha value is -2.58. The fraction of sp³-hybridized carbons (Fsp3) is 0.350. The Morgan fingerprint density at radius 1 is 1.04 bits per heavy atom. The van der Waals surface area contributed by atoms with Crippen LogP contribution in [0.2, 0.25) is 0 Å². The molecule has 144 valence electrons. The van der Waals surface area contributed by atoms with Crippen LogP contribution in [0.25, 0.3) is 11.5 Å². The summed E-state index contributed by atoms with van der Waals surface area (Å²) >= 11 is 0. The Bertz CT molecular complexity index is 1070. The van der Waals surface area contributed by atoms with Crippen LogP contribution in [0.5, 0.6) is 0 Å². The standard InChI is InChI=1S/C20H20N4O3S/c25-28(26,16-7-4-10-21-14-16)24-11-8-20(9-12-24)13-17(20)19-23-22-18(27-19)15-5-2-1-3-6-15/h1-7,10,14,17H,8-9,11-13H2. The van der Waals surface area contributed by atoms with Crippen molar-refractivity contribution >= 4 is 10.0 Å². The van der Waals surface area contributed by atoms with E-state index < -0.39 is 10.0 Å². The number of aromatic nitrogens is 3. The number of hydrogen-bond donors (Lipinski definition) is 0. The summed E-state index contributed by atoms with van der Waals surface area (Å²) in [6, 6.07) is 13.0. The number of benzene rings is 1. The monoisotopic (exact) mass is 396 g/mol. The summed E-state index contributed by atoms with van der Waals surface area (Å²) in [4.78, 5) is 4.18. The lowest BCUT2D eigenvalue weighted by Crippen LogP contribution is -2.39. The van der Waals surface area contributed by atoms with Crippen LogP contribution in [-0.4, -0.2) is 41.0 Å². The third-order valence-corrected chi connectivity index (χ3v) is 7.82. The first kappa shape index (κ1) is 17.5. The smallest absolute Gasteiger partial charge is 0.247 e. The van der Waals surface area contributed by atoms with E-state index in [1.165, 1.54) is 6.20 Å². The number of hydrogen-bond acceptors (Lipinski definition) is 6. The normalized spacial score (nSPS) is 21.6. The van der Waals surface area contributed by atoms with Crippen LogP contribution in [0.1, 0.15) is 31.1 Å². The average molecular weight is 396 g/mol. The number of nitrogens with zero attached hydrogens (tertiary/aromatic N) is 4. The van der Waals surface area contributed by atoms with Crippen LogP contribution in [-0.2, 0) is 10.0 Å². The minimum atomic E-state index is -3.48. The van der Waals surface area contributed by atoms with Crippen molar-refractivity contribution in [1.29, 1.82) is 0 Å². The van der Waals surface area contributed by atoms with E-state index in [9.17, 15) is 8.42 Å². The van der Waals surface area contributed by atoms with Crippen LogP contribution in [0, 0.1) is 5.41 Å². The summed E-state index contributed by atoms with van der Waals surface area (Å²) in [6.07, 6.45) is 5.57. The highest BCUT2D eigenvalue weighted by Gasteiger charge is 2.58. The molecule has 3 heterocycles. The van der Waals surface area contributed by atoms with Crippen LogP contribution < -0.4 is 0 Å². The van der Waals surface area contributed by atoms with E-state index in [0.717, 1.165) is 24.8 Å². The summed E-state index contributed by atoms with van der Waals surface area (Å²) in [5.41, 5.74) is 0.995. The van der Waals surface area contributed by atoms with E-state index in [1.54, 1.807) is 22.6 Å². The number of sulfonamides is 1. The second-order valence-corrected chi connectivity index (χ2v) is 9.46. The third kappa shape index (κ3) is 2.93. The van der Waals surface area contributed by atoms with Gasteiger partial charge in [-0.25, -0.2) is 8.42 Å². The largest absolute Gasteiger partial charge is 0.420 e. The number of pyridine rings is 1. The fourth-order valence-corrected chi connectivity index (χ4v) is 5.55. The molecule has 0 amide bonds. The third-order valence-electron chi connectivity index (χ3n) is 5.94. The molecular formula is C20H20N4O3S. The first-order chi connectivity index (χ1) is 13.6. The van der Waals surface area contributed by atoms with Gasteiger partial charge in [0.25, 0.3) is 0 Å². The van der Waals surface area contributed by atoms with Gasteiger partial charge in [0.2, 0.25) is 21.8 Å². The van der Waals surface area contributed by atoms with Crippen LogP contribution in [0.3, 0.4) is 0 Å². The minimum Gasteiger partial charge on any atom is -0.420 e. The molecule has 3 aromatic rings. The summed E-state index contributed by atoms with van der Waals surface area (Å²) < 4.78 is 33.0. The van der Waals surface area contributed by atoms with Crippen LogP contribution >= 0.6 is 0 Å². The Kier molecular flexibility index (Phi) is 4.06. The van der Waals surface area contributed by atoms with Crippen molar-refractivity contribution in [3.63, 3.8) is 0 Å². The molecule has 1 saturated carbocycles. The molecule has 0 N–H and O–H groups in total. The zero-order valence-electron chi connectivity index (χ0n) is 15.2. The molecule has 7 nitrogen and oxygen atoms in total. The predicted molar refractivity (Wildman–Crippen MR) is 102 cm³/mol. The van der Waals surface area contributed by atoms with Crippen molar-refractivity contribution < 1.29 is 12.8 Å². The van der Waals surface area contributed by atoms with E-state index in [4.69, 9.17) is 4.42 Å². The van der Waals surface area contributed by atoms with E-state index in [0.29, 0.717) is 24.9 Å². The molecule has 8 heteroatoms. The zero-order valence-corrected chi connectivity index (χ0v) is 16.0. The summed E-state index contributed by atoms with van der Waals surface area (Å²) in [5.74, 6) is 1.43. The second-order valence-electron chi connectivity index (χ2n) is 7.52. The zero-order chi connectivity index (χ0) is 19.2. The molecule has 2 fully saturated rings. The van der Waals surface area contributed by atoms with Gasteiger partial charge in [-0.15, -0.1) is 10.2 Å². The van der Waals surface area contributed by atoms with Crippen LogP contribution in [0.15, 0.2) is 64.2 Å². The Balaban J connectivity index is 1.28. The summed E-state index contributed by atoms with van der Waals surface area (Å²) in [6.45, 7) is 1.01. The van der Waals surface area contributed by atoms with Crippen molar-refractivity contribution in [2.45, 2.75) is 30.1 Å². The molecule has 1 unspecified atom stereocenters. The van der Waals surface area contributed by atoms with Crippen molar-refractivity contribution in [2.24, 2.45) is 5.41 Å². The first-order valence-corrected chi connectivity index (χ1v) is 10.8. The van der Waals surface area contributed by atoms with Gasteiger partial charge < -0.3 is 4.42 Å². The van der Waals surface area contributed by atoms with Crippen molar-refractivity contribution in [2.75, 3.05) is 13.1 Å². The molecule has 2 aliphatic rings. The summed E-state index contributed by atoms with van der Waals surface area (Å²) in [7, 11) is -3.48. The van der Waals surface area contributed by atoms with Gasteiger partial charge in [0, 0.05) is 37.0 Å². The van der Waals surface area contributed by atoms with E-state index in [1.807, 2.05) is 30.3 Å². The molecule has 0 bridgehead atoms. The summed E-state index contributed by atoms with van der Waals surface area (Å²) in [5, 5.41) is 8.45. The first-order valence-electron chi connectivity index (χ1n) is 9.38. The lowest BCUT2D eigenvalue weighted by molar-refractivity contribution is 0.246. The topological polar surface area (TPSA) is 89.2 Å². The molecule has 28 heavy (non-hydrogen) atoms. The molecule has 5 rings (SSSR count). The predicted octanol–water partition coefficient (Wildman–Crippen LogP) is 3.09. The maximum atomic E-state index is 12.8. The van der Waals surface area contributed by atoms with Crippen molar-refractivity contribution in [1.82, 2.24) is 19.5 Å². The quantitative estimate of drug-likeness (QED) is 0.673. The molecule has 1 atom stereocenters. The van der Waals surface area contributed by atoms with Gasteiger partial charge in [0.15, 0.2) is 0 Å². The highest BCUT2D eigenvalue weighted by molar-refractivity contribution is 7.89. The second kappa shape index (κ2) is 6.49. The van der Waals surface area contributed by atoms with Gasteiger partial charge in [0.05, 0.1) is 0 Å². The molecule has 1 aliphatic carbocycles. The van der Waals surface area contributed by atoms with Gasteiger partial charge in [-0.2, -0.15) is 4.31 Å². The molecule has 2 aromatic heterocycles. The number of rotatable bonds is 4. The van der Waals surface area contributed by atoms with E-state index in [-0.39, 0.29) is 16.2 Å². The number of piperidine rings is 1. The van der Waals surface area contributed by atoms with E-state index >= 15 is 0 Å². The SMILES string of the molecule is O=S(=O)(c1cccnc1)N1CCC2(CC1)CC2c1nnc(-c2ccccc2)o1. The minimum absolute atomic E-state index is 0.0848. The maximum Gasteiger partial charge on any atom is 0.247 e. The highest BCUT2D eigenvalue weighted by atomic mass is 32.2. The molecule has 1 spiro atoms. The molecule has 1 saturated heterocycles. The average Bonchev–Trinajstić information content (AvgIpc) is 3.21. The van der Waals surface area contributed by atoms with Gasteiger partial charge >= 0.3 is 0 Å². The Morgan fingerprint density at radius 3 is 2.54 bits per heavy atom. The van der Waals surface area contributed by atoms with Crippen LogP contribution in [0.4, 0.5) is 0 Å². The molecule has 0 radical (unpaired) electrons. The lowest BCUT2D eigenvalue weighted by Gasteiger charge is -2.31. The molecule has 1 aromatic carbocycles. The van der Waals surface area contributed by atoms with Gasteiger partial charge in [-0.3, -0.25) is 4.98 Å². The van der Waals surface area contributed by atoms with Gasteiger partial charge in [0.1, 0.15) is 4.90 Å². The van der Waals surface area contributed by atoms with E-state index in [2.05, 4.69) is 15.2 Å². The van der Waals surface area contributed by atoms with Crippen molar-refractivity contribution in [3.05, 3.63) is 60.7 Å². The Labute approximate surface area is 163 Å². The molecular weight excluding hydrogens is 376 g/mol. The van der Waals surface area contributed by atoms with Gasteiger partial charge in [-0.05, 0) is 48.9 Å². The maximum absolute atomic E-state index is 12.8. The highest BCUT2D eigenvalue weighted by Crippen LogP contribution is 2.64. The molecule has 1 aliphatic heterocycles. The van der Waals surface area contributed by atoms with Crippen molar-refractivity contribution in [3.8, 4) is 11.5 Å². The lowest BCUT2D eigenvalue weighted by atomic mass is 9.92. The fourth-order valence-electron chi connectivity index (χ4n) is 4.14.